The maximum Gasteiger partial charge on any atom is 0.242 e. The number of carbonyl (C=O) groups excluding carboxylic acids is 2. The number of hydrogen-bond donors (Lipinski definition) is 1. The van der Waals surface area contributed by atoms with Crippen LogP contribution in [0.25, 0.3) is 0 Å². The van der Waals surface area contributed by atoms with Crippen LogP contribution in [0.4, 0.5) is 0 Å². The number of rotatable bonds is 9. The summed E-state index contributed by atoms with van der Waals surface area (Å²) in [4.78, 5) is 27.7. The van der Waals surface area contributed by atoms with Crippen molar-refractivity contribution in [2.75, 3.05) is 14.2 Å². The van der Waals surface area contributed by atoms with Crippen molar-refractivity contribution in [3.05, 3.63) is 57.6 Å². The number of carbonyl (C=O) groups is 2. The van der Waals surface area contributed by atoms with Crippen LogP contribution in [0.15, 0.2) is 36.4 Å². The Labute approximate surface area is 206 Å². The van der Waals surface area contributed by atoms with Crippen LogP contribution in [0.2, 0.25) is 10.0 Å². The van der Waals surface area contributed by atoms with Crippen LogP contribution in [0.5, 0.6) is 11.5 Å². The molecule has 0 aliphatic carbocycles. The zero-order chi connectivity index (χ0) is 24.8. The third-order valence-corrected chi connectivity index (χ3v) is 5.82. The van der Waals surface area contributed by atoms with E-state index < -0.39 is 11.6 Å². The van der Waals surface area contributed by atoms with Crippen LogP contribution in [-0.2, 0) is 22.6 Å². The normalized spacial score (nSPS) is 12.1. The van der Waals surface area contributed by atoms with Crippen molar-refractivity contribution < 1.29 is 19.1 Å². The number of methoxy groups -OCH3 is 2. The molecular weight excluding hydrogens is 463 g/mol. The number of amides is 2. The average molecular weight is 495 g/mol. The van der Waals surface area contributed by atoms with E-state index in [9.17, 15) is 9.59 Å². The van der Waals surface area contributed by atoms with Gasteiger partial charge in [0.15, 0.2) is 11.5 Å². The maximum absolute atomic E-state index is 13.3. The Morgan fingerprint density at radius 2 is 1.61 bits per heavy atom. The molecule has 0 bridgehead atoms. The highest BCUT2D eigenvalue weighted by Crippen LogP contribution is 2.28. The van der Waals surface area contributed by atoms with Gasteiger partial charge in [0.25, 0.3) is 0 Å². The molecule has 0 unspecified atom stereocenters. The maximum atomic E-state index is 13.3. The van der Waals surface area contributed by atoms with Crippen LogP contribution in [-0.4, -0.2) is 42.5 Å². The lowest BCUT2D eigenvalue weighted by molar-refractivity contribution is -0.141. The Kier molecular flexibility index (Phi) is 9.44. The lowest BCUT2D eigenvalue weighted by atomic mass is 10.1. The van der Waals surface area contributed by atoms with Crippen molar-refractivity contribution in [3.63, 3.8) is 0 Å². The number of nitrogens with one attached hydrogen (secondary N) is 1. The first-order valence-electron chi connectivity index (χ1n) is 10.7. The second kappa shape index (κ2) is 11.6. The van der Waals surface area contributed by atoms with E-state index in [0.717, 1.165) is 11.1 Å². The minimum absolute atomic E-state index is 0.146. The lowest BCUT2D eigenvalue weighted by Gasteiger charge is -2.31. The first-order valence-corrected chi connectivity index (χ1v) is 11.5. The topological polar surface area (TPSA) is 67.9 Å². The second-order valence-electron chi connectivity index (χ2n) is 8.87. The number of hydrogen-bond acceptors (Lipinski definition) is 4. The fraction of sp³-hybridized carbons (Fsp3) is 0.440. The molecule has 2 amide bonds. The van der Waals surface area contributed by atoms with Crippen molar-refractivity contribution in [3.8, 4) is 11.5 Å². The van der Waals surface area contributed by atoms with Crippen LogP contribution >= 0.6 is 23.2 Å². The second-order valence-corrected chi connectivity index (χ2v) is 9.69. The minimum atomic E-state index is -0.670. The molecule has 0 spiro atoms. The highest BCUT2D eigenvalue weighted by molar-refractivity contribution is 6.42. The van der Waals surface area contributed by atoms with E-state index >= 15 is 0 Å². The fourth-order valence-electron chi connectivity index (χ4n) is 3.32. The van der Waals surface area contributed by atoms with Gasteiger partial charge in [-0.25, -0.2) is 0 Å². The van der Waals surface area contributed by atoms with Gasteiger partial charge in [0.1, 0.15) is 6.04 Å². The molecule has 0 saturated heterocycles. The van der Waals surface area contributed by atoms with E-state index in [2.05, 4.69) is 5.32 Å². The van der Waals surface area contributed by atoms with Crippen LogP contribution in [0, 0.1) is 0 Å². The molecule has 33 heavy (non-hydrogen) atoms. The van der Waals surface area contributed by atoms with Gasteiger partial charge >= 0.3 is 0 Å². The number of aryl methyl sites for hydroxylation is 1. The molecule has 0 radical (unpaired) electrons. The average Bonchev–Trinajstić information content (AvgIpc) is 2.76. The fourth-order valence-corrected chi connectivity index (χ4v) is 3.64. The summed E-state index contributed by atoms with van der Waals surface area (Å²) in [5.41, 5.74) is 1.31. The Morgan fingerprint density at radius 1 is 0.970 bits per heavy atom. The summed E-state index contributed by atoms with van der Waals surface area (Å²) in [7, 11) is 3.15. The first-order chi connectivity index (χ1) is 15.4. The van der Waals surface area contributed by atoms with Crippen LogP contribution in [0.1, 0.15) is 45.2 Å². The zero-order valence-corrected chi connectivity index (χ0v) is 21.5. The summed E-state index contributed by atoms with van der Waals surface area (Å²) in [6, 6.07) is 10.1. The summed E-state index contributed by atoms with van der Waals surface area (Å²) in [5, 5.41) is 3.79. The van der Waals surface area contributed by atoms with Gasteiger partial charge in [-0.1, -0.05) is 35.3 Å². The quantitative estimate of drug-likeness (QED) is 0.515. The van der Waals surface area contributed by atoms with E-state index in [-0.39, 0.29) is 24.8 Å². The van der Waals surface area contributed by atoms with E-state index in [1.807, 2.05) is 39.0 Å². The minimum Gasteiger partial charge on any atom is -0.493 e. The van der Waals surface area contributed by atoms with Gasteiger partial charge in [-0.2, -0.15) is 0 Å². The Balaban J connectivity index is 2.22. The predicted octanol–water partition coefficient (Wildman–Crippen LogP) is 5.28. The summed E-state index contributed by atoms with van der Waals surface area (Å²) in [6.07, 6.45) is 0.717. The first kappa shape index (κ1) is 26.8. The van der Waals surface area contributed by atoms with E-state index in [1.165, 1.54) is 0 Å². The Bertz CT molecular complexity index is 989. The SMILES string of the molecule is COc1ccc(CCC(=O)N(Cc2ccc(Cl)c(Cl)c2)[C@@H](C)C(=O)NC(C)(C)C)cc1OC. The Hall–Kier alpha value is -2.44. The molecule has 2 rings (SSSR count). The van der Waals surface area contributed by atoms with E-state index in [1.54, 1.807) is 44.2 Å². The van der Waals surface area contributed by atoms with Gasteiger partial charge < -0.3 is 19.7 Å². The molecule has 180 valence electrons. The van der Waals surface area contributed by atoms with Crippen LogP contribution in [0.3, 0.4) is 0 Å². The number of ether oxygens (including phenoxy) is 2. The molecule has 1 atom stereocenters. The Morgan fingerprint density at radius 3 is 2.18 bits per heavy atom. The van der Waals surface area contributed by atoms with Crippen molar-refractivity contribution in [2.45, 2.75) is 58.7 Å². The summed E-state index contributed by atoms with van der Waals surface area (Å²) < 4.78 is 10.6. The molecule has 0 aliphatic rings. The van der Waals surface area contributed by atoms with Gasteiger partial charge in [0.05, 0.1) is 24.3 Å². The molecule has 8 heteroatoms. The van der Waals surface area contributed by atoms with Crippen molar-refractivity contribution >= 4 is 35.0 Å². The number of benzene rings is 2. The highest BCUT2D eigenvalue weighted by atomic mass is 35.5. The molecule has 1 N–H and O–H groups in total. The zero-order valence-electron chi connectivity index (χ0n) is 20.0. The molecule has 0 aromatic heterocycles. The lowest BCUT2D eigenvalue weighted by Crippen LogP contribution is -2.52. The molecule has 0 saturated carbocycles. The third-order valence-electron chi connectivity index (χ3n) is 5.08. The monoisotopic (exact) mass is 494 g/mol. The van der Waals surface area contributed by atoms with Gasteiger partial charge in [0, 0.05) is 18.5 Å². The molecule has 0 fully saturated rings. The van der Waals surface area contributed by atoms with E-state index in [4.69, 9.17) is 32.7 Å². The van der Waals surface area contributed by atoms with Gasteiger partial charge in [-0.05, 0) is 69.5 Å². The largest absolute Gasteiger partial charge is 0.493 e. The highest BCUT2D eigenvalue weighted by Gasteiger charge is 2.28. The molecule has 6 nitrogen and oxygen atoms in total. The standard InChI is InChI=1S/C25H32Cl2N2O4/c1-16(24(31)28-25(2,3)4)29(15-18-7-10-19(26)20(27)13-18)23(30)12-9-17-8-11-21(32-5)22(14-17)33-6/h7-8,10-11,13-14,16H,9,12,15H2,1-6H3,(H,28,31)/t16-/m0/s1. The predicted molar refractivity (Wildman–Crippen MR) is 132 cm³/mol. The van der Waals surface area contributed by atoms with Crippen molar-refractivity contribution in [1.29, 1.82) is 0 Å². The third kappa shape index (κ3) is 7.83. The van der Waals surface area contributed by atoms with Crippen molar-refractivity contribution in [2.24, 2.45) is 0 Å². The summed E-state index contributed by atoms with van der Waals surface area (Å²) in [5.74, 6) is 0.865. The number of nitrogens with zero attached hydrogens (tertiary/aromatic N) is 1. The molecule has 2 aromatic rings. The summed E-state index contributed by atoms with van der Waals surface area (Å²) >= 11 is 12.2. The molecule has 2 aromatic carbocycles. The van der Waals surface area contributed by atoms with Crippen LogP contribution < -0.4 is 14.8 Å². The summed E-state index contributed by atoms with van der Waals surface area (Å²) in [6.45, 7) is 7.67. The molecular formula is C25H32Cl2N2O4. The smallest absolute Gasteiger partial charge is 0.242 e. The molecule has 0 aliphatic heterocycles. The van der Waals surface area contributed by atoms with E-state index in [0.29, 0.717) is 28.0 Å². The number of halogens is 2. The van der Waals surface area contributed by atoms with Gasteiger partial charge in [-0.3, -0.25) is 9.59 Å². The van der Waals surface area contributed by atoms with Gasteiger partial charge in [0.2, 0.25) is 11.8 Å². The molecule has 0 heterocycles. The van der Waals surface area contributed by atoms with Gasteiger partial charge in [-0.15, -0.1) is 0 Å². The van der Waals surface area contributed by atoms with Crippen molar-refractivity contribution in [1.82, 2.24) is 10.2 Å².